The number of benzene rings is 1. The Balaban J connectivity index is 2.69. The van der Waals surface area contributed by atoms with Gasteiger partial charge in [0, 0.05) is 9.26 Å². The second kappa shape index (κ2) is 5.17. The van der Waals surface area contributed by atoms with E-state index < -0.39 is 6.03 Å². The van der Waals surface area contributed by atoms with Crippen molar-refractivity contribution in [1.29, 1.82) is 5.41 Å². The normalized spacial score (nSPS) is 9.47. The Kier molecular flexibility index (Phi) is 4.15. The number of nitrogens with two attached hydrogens (primary N) is 1. The van der Waals surface area contributed by atoms with E-state index in [9.17, 15) is 4.79 Å². The van der Waals surface area contributed by atoms with Crippen LogP contribution in [0.2, 0.25) is 5.02 Å². The minimum absolute atomic E-state index is 0.180. The Morgan fingerprint density at radius 3 is 2.73 bits per heavy atom. The lowest BCUT2D eigenvalue weighted by Gasteiger charge is -2.08. The zero-order valence-corrected chi connectivity index (χ0v) is 10.4. The first-order valence-electron chi connectivity index (χ1n) is 3.86. The molecule has 0 aliphatic rings. The lowest BCUT2D eigenvalue weighted by molar-refractivity contribution is 0.253. The van der Waals surface area contributed by atoms with E-state index in [1.54, 1.807) is 18.2 Å². The quantitative estimate of drug-likeness (QED) is 0.358. The van der Waals surface area contributed by atoms with Gasteiger partial charge >= 0.3 is 6.03 Å². The molecule has 5 nitrogen and oxygen atoms in total. The Morgan fingerprint density at radius 2 is 2.20 bits per heavy atom. The highest BCUT2D eigenvalue weighted by atomic mass is 127. The average Bonchev–Trinajstić information content (AvgIpc) is 2.10. The standard InChI is InChI=1S/C8H8ClIN4O/c9-5-2-1-4(3-6(5)10)13-7(11)14-8(12)15/h1-3H,(H5,11,12,13,14,15). The number of hydrogen-bond donors (Lipinski definition) is 4. The van der Waals surface area contributed by atoms with Gasteiger partial charge in [0.05, 0.1) is 5.02 Å². The van der Waals surface area contributed by atoms with Gasteiger partial charge in [0.15, 0.2) is 0 Å². The minimum Gasteiger partial charge on any atom is -0.351 e. The summed E-state index contributed by atoms with van der Waals surface area (Å²) in [4.78, 5) is 10.4. The third kappa shape index (κ3) is 3.92. The number of nitrogens with one attached hydrogen (secondary N) is 3. The molecule has 0 heterocycles. The molecule has 1 aromatic carbocycles. The van der Waals surface area contributed by atoms with Crippen LogP contribution in [0.25, 0.3) is 0 Å². The van der Waals surface area contributed by atoms with Crippen molar-refractivity contribution in [2.75, 3.05) is 5.32 Å². The zero-order chi connectivity index (χ0) is 11.4. The average molecular weight is 339 g/mol. The molecule has 1 aromatic rings. The number of anilines is 1. The van der Waals surface area contributed by atoms with Gasteiger partial charge in [-0.05, 0) is 40.8 Å². The van der Waals surface area contributed by atoms with Crippen LogP contribution < -0.4 is 16.4 Å². The monoisotopic (exact) mass is 338 g/mol. The Morgan fingerprint density at radius 1 is 1.53 bits per heavy atom. The third-order valence-corrected chi connectivity index (χ3v) is 2.98. The van der Waals surface area contributed by atoms with E-state index in [1.807, 2.05) is 0 Å². The van der Waals surface area contributed by atoms with Crippen LogP contribution in [0, 0.1) is 8.98 Å². The van der Waals surface area contributed by atoms with Crippen LogP contribution in [0.3, 0.4) is 0 Å². The summed E-state index contributed by atoms with van der Waals surface area (Å²) in [5.74, 6) is -0.180. The Bertz CT molecular complexity index is 410. The van der Waals surface area contributed by atoms with Crippen molar-refractivity contribution in [2.45, 2.75) is 0 Å². The largest absolute Gasteiger partial charge is 0.351 e. The van der Waals surface area contributed by atoms with Gasteiger partial charge in [-0.15, -0.1) is 0 Å². The molecule has 0 aromatic heterocycles. The number of carbonyl (C=O) groups is 1. The maximum absolute atomic E-state index is 10.4. The van der Waals surface area contributed by atoms with Gasteiger partial charge in [-0.3, -0.25) is 10.7 Å². The fourth-order valence-electron chi connectivity index (χ4n) is 0.873. The molecule has 0 saturated heterocycles. The summed E-state index contributed by atoms with van der Waals surface area (Å²) < 4.78 is 0.853. The smallest absolute Gasteiger partial charge is 0.318 e. The van der Waals surface area contributed by atoms with Gasteiger partial charge in [0.25, 0.3) is 0 Å². The second-order valence-electron chi connectivity index (χ2n) is 2.62. The molecular weight excluding hydrogens is 330 g/mol. The molecule has 0 bridgehead atoms. The Labute approximate surface area is 105 Å². The van der Waals surface area contributed by atoms with Crippen LogP contribution in [-0.4, -0.2) is 12.0 Å². The summed E-state index contributed by atoms with van der Waals surface area (Å²) in [5, 5.41) is 12.7. The highest BCUT2D eigenvalue weighted by molar-refractivity contribution is 14.1. The predicted octanol–water partition coefficient (Wildman–Crippen LogP) is 1.96. The van der Waals surface area contributed by atoms with Crippen LogP contribution in [0.15, 0.2) is 18.2 Å². The van der Waals surface area contributed by atoms with E-state index in [0.717, 1.165) is 3.57 Å². The van der Waals surface area contributed by atoms with Crippen molar-refractivity contribution in [2.24, 2.45) is 5.73 Å². The highest BCUT2D eigenvalue weighted by Crippen LogP contribution is 2.21. The Hall–Kier alpha value is -1.02. The summed E-state index contributed by atoms with van der Waals surface area (Å²) in [5.41, 5.74) is 5.50. The molecule has 2 amide bonds. The fraction of sp³-hybridized carbons (Fsp3) is 0. The fourth-order valence-corrected chi connectivity index (χ4v) is 1.51. The molecule has 1 rings (SSSR count). The van der Waals surface area contributed by atoms with Gasteiger partial charge < -0.3 is 11.1 Å². The molecule has 0 atom stereocenters. The molecule has 80 valence electrons. The lowest BCUT2D eigenvalue weighted by Crippen LogP contribution is -2.38. The van der Waals surface area contributed by atoms with Gasteiger partial charge in [-0.2, -0.15) is 0 Å². The molecule has 0 aliphatic carbocycles. The first-order chi connectivity index (χ1) is 6.99. The number of carbonyl (C=O) groups excluding carboxylic acids is 1. The molecule has 7 heteroatoms. The summed E-state index contributed by atoms with van der Waals surface area (Å²) in [6.07, 6.45) is 0. The number of rotatable bonds is 1. The number of amides is 2. The minimum atomic E-state index is -0.781. The molecule has 0 fully saturated rings. The van der Waals surface area contributed by atoms with Crippen LogP contribution >= 0.6 is 34.2 Å². The summed E-state index contributed by atoms with van der Waals surface area (Å²) in [6, 6.07) is 4.36. The first-order valence-corrected chi connectivity index (χ1v) is 5.32. The van der Waals surface area contributed by atoms with Crippen LogP contribution in [-0.2, 0) is 0 Å². The molecule has 5 N–H and O–H groups in total. The van der Waals surface area contributed by atoms with Gasteiger partial charge in [0.1, 0.15) is 0 Å². The maximum Gasteiger partial charge on any atom is 0.318 e. The highest BCUT2D eigenvalue weighted by Gasteiger charge is 2.02. The number of primary amides is 1. The molecule has 0 aliphatic heterocycles. The van der Waals surface area contributed by atoms with Crippen LogP contribution in [0.1, 0.15) is 0 Å². The van der Waals surface area contributed by atoms with E-state index in [1.165, 1.54) is 0 Å². The van der Waals surface area contributed by atoms with Crippen LogP contribution in [0.4, 0.5) is 10.5 Å². The van der Waals surface area contributed by atoms with Gasteiger partial charge in [-0.1, -0.05) is 11.6 Å². The number of hydrogen-bond acceptors (Lipinski definition) is 2. The van der Waals surface area contributed by atoms with E-state index in [0.29, 0.717) is 10.7 Å². The molecule has 0 radical (unpaired) electrons. The first kappa shape index (κ1) is 12.1. The predicted molar refractivity (Wildman–Crippen MR) is 68.2 cm³/mol. The molecule has 15 heavy (non-hydrogen) atoms. The summed E-state index contributed by atoms with van der Waals surface area (Å²) in [6.45, 7) is 0. The van der Waals surface area contributed by atoms with Gasteiger partial charge in [0.2, 0.25) is 5.96 Å². The lowest BCUT2D eigenvalue weighted by atomic mass is 10.3. The van der Waals surface area contributed by atoms with Crippen molar-refractivity contribution in [1.82, 2.24) is 5.32 Å². The van der Waals surface area contributed by atoms with E-state index >= 15 is 0 Å². The second-order valence-corrected chi connectivity index (χ2v) is 4.19. The molecule has 0 saturated carbocycles. The van der Waals surface area contributed by atoms with E-state index in [4.69, 9.17) is 22.7 Å². The van der Waals surface area contributed by atoms with Crippen LogP contribution in [0.5, 0.6) is 0 Å². The zero-order valence-electron chi connectivity index (χ0n) is 7.47. The topological polar surface area (TPSA) is 91.0 Å². The van der Waals surface area contributed by atoms with E-state index in [-0.39, 0.29) is 5.96 Å². The van der Waals surface area contributed by atoms with Crippen molar-refractivity contribution < 1.29 is 4.79 Å². The van der Waals surface area contributed by atoms with Crippen molar-refractivity contribution in [3.8, 4) is 0 Å². The molecule has 0 unspecified atom stereocenters. The van der Waals surface area contributed by atoms with Gasteiger partial charge in [-0.25, -0.2) is 4.79 Å². The number of urea groups is 1. The SMILES string of the molecule is N=C(NC(N)=O)Nc1ccc(Cl)c(I)c1. The van der Waals surface area contributed by atoms with Crippen molar-refractivity contribution in [3.63, 3.8) is 0 Å². The van der Waals surface area contributed by atoms with Crippen molar-refractivity contribution in [3.05, 3.63) is 26.8 Å². The van der Waals surface area contributed by atoms with E-state index in [2.05, 4.69) is 33.2 Å². The molecule has 0 spiro atoms. The van der Waals surface area contributed by atoms with Crippen molar-refractivity contribution >= 4 is 51.9 Å². The number of halogens is 2. The number of guanidine groups is 1. The summed E-state index contributed by atoms with van der Waals surface area (Å²) >= 11 is 7.89. The third-order valence-electron chi connectivity index (χ3n) is 1.44. The molecular formula is C8H8ClIN4O. The summed E-state index contributed by atoms with van der Waals surface area (Å²) in [7, 11) is 0. The maximum atomic E-state index is 10.4.